The van der Waals surface area contributed by atoms with E-state index in [-0.39, 0.29) is 13.0 Å². The molecule has 1 fully saturated rings. The summed E-state index contributed by atoms with van der Waals surface area (Å²) in [5.41, 5.74) is 5.08. The first-order valence-corrected chi connectivity index (χ1v) is 7.18. The van der Waals surface area contributed by atoms with Gasteiger partial charge in [0.25, 0.3) is 5.91 Å². The Bertz CT molecular complexity index is 804. The number of nitrogens with zero attached hydrogens (tertiary/aromatic N) is 5. The van der Waals surface area contributed by atoms with Crippen molar-refractivity contribution >= 4 is 17.8 Å². The van der Waals surface area contributed by atoms with Gasteiger partial charge in [-0.05, 0) is 35.0 Å². The van der Waals surface area contributed by atoms with Crippen LogP contribution in [0.4, 0.5) is 4.79 Å². The molecule has 1 unspecified atom stereocenters. The topological polar surface area (TPSA) is 136 Å². The number of amides is 4. The molecule has 1 aliphatic heterocycles. The smallest absolute Gasteiger partial charge is 0.325 e. The highest BCUT2D eigenvalue weighted by molar-refractivity contribution is 6.07. The third-order valence-corrected chi connectivity index (χ3v) is 3.89. The van der Waals surface area contributed by atoms with E-state index in [4.69, 9.17) is 5.73 Å². The maximum absolute atomic E-state index is 12.7. The molecule has 0 spiro atoms. The van der Waals surface area contributed by atoms with Crippen molar-refractivity contribution < 1.29 is 14.4 Å². The molecule has 0 saturated carbocycles. The summed E-state index contributed by atoms with van der Waals surface area (Å²) in [7, 11) is 0. The molecule has 1 aromatic heterocycles. The van der Waals surface area contributed by atoms with E-state index >= 15 is 0 Å². The molecule has 0 bridgehead atoms. The van der Waals surface area contributed by atoms with E-state index in [1.807, 2.05) is 0 Å². The molecule has 2 heterocycles. The summed E-state index contributed by atoms with van der Waals surface area (Å²) in [6.45, 7) is 1.55. The summed E-state index contributed by atoms with van der Waals surface area (Å²) in [5, 5.41) is 13.6. The Labute approximate surface area is 136 Å². The summed E-state index contributed by atoms with van der Waals surface area (Å²) < 4.78 is 1.44. The number of nitrogens with one attached hydrogen (secondary N) is 1. The van der Waals surface area contributed by atoms with Crippen molar-refractivity contribution in [2.45, 2.75) is 18.9 Å². The van der Waals surface area contributed by atoms with Crippen LogP contribution in [0.3, 0.4) is 0 Å². The lowest BCUT2D eigenvalue weighted by atomic mass is 9.91. The molecule has 0 aliphatic carbocycles. The lowest BCUT2D eigenvalue weighted by Gasteiger charge is -2.22. The summed E-state index contributed by atoms with van der Waals surface area (Å²) in [4.78, 5) is 36.7. The van der Waals surface area contributed by atoms with E-state index in [1.54, 1.807) is 31.2 Å². The minimum absolute atomic E-state index is 0.0533. The Kier molecular flexibility index (Phi) is 3.72. The van der Waals surface area contributed by atoms with Crippen molar-refractivity contribution in [1.29, 1.82) is 0 Å². The molecule has 1 aromatic carbocycles. The highest BCUT2D eigenvalue weighted by atomic mass is 16.2. The van der Waals surface area contributed by atoms with Gasteiger partial charge in [-0.15, -0.1) is 5.10 Å². The van der Waals surface area contributed by atoms with E-state index < -0.39 is 23.4 Å². The third-order valence-electron chi connectivity index (χ3n) is 3.89. The fraction of sp³-hybridized carbons (Fsp3) is 0.286. The van der Waals surface area contributed by atoms with Crippen molar-refractivity contribution in [1.82, 2.24) is 30.4 Å². The number of carbonyl (C=O) groups is 3. The van der Waals surface area contributed by atoms with Crippen LogP contribution in [0.1, 0.15) is 18.9 Å². The molecular formula is C14H15N7O3. The first kappa shape index (κ1) is 15.6. The number of benzene rings is 1. The van der Waals surface area contributed by atoms with Gasteiger partial charge in [0.05, 0.1) is 5.69 Å². The van der Waals surface area contributed by atoms with Gasteiger partial charge in [0.15, 0.2) is 0 Å². The number of carbonyl (C=O) groups excluding carboxylic acids is 3. The predicted octanol–water partition coefficient (Wildman–Crippen LogP) is -0.695. The Morgan fingerprint density at radius 2 is 2.17 bits per heavy atom. The van der Waals surface area contributed by atoms with Crippen molar-refractivity contribution in [2.24, 2.45) is 5.73 Å². The van der Waals surface area contributed by atoms with E-state index in [9.17, 15) is 14.4 Å². The van der Waals surface area contributed by atoms with Gasteiger partial charge in [0, 0.05) is 13.0 Å². The molecular weight excluding hydrogens is 314 g/mol. The quantitative estimate of drug-likeness (QED) is 0.696. The lowest BCUT2D eigenvalue weighted by molar-refractivity contribution is -0.131. The fourth-order valence-corrected chi connectivity index (χ4v) is 2.56. The average molecular weight is 329 g/mol. The largest absolute Gasteiger partial charge is 0.370 e. The van der Waals surface area contributed by atoms with Crippen LogP contribution >= 0.6 is 0 Å². The summed E-state index contributed by atoms with van der Waals surface area (Å²) in [6.07, 6.45) is 1.34. The molecule has 0 radical (unpaired) electrons. The summed E-state index contributed by atoms with van der Waals surface area (Å²) in [5.74, 6) is -1.02. The number of rotatable bonds is 5. The molecule has 3 N–H and O–H groups in total. The fourth-order valence-electron chi connectivity index (χ4n) is 2.56. The van der Waals surface area contributed by atoms with Gasteiger partial charge >= 0.3 is 6.03 Å². The SMILES string of the molecule is CC1(c2cccc(-n3cnnn3)c2)NC(=O)N(CCC(N)=O)C1=O. The van der Waals surface area contributed by atoms with Crippen LogP contribution in [0, 0.1) is 0 Å². The van der Waals surface area contributed by atoms with Crippen molar-refractivity contribution in [3.05, 3.63) is 36.2 Å². The highest BCUT2D eigenvalue weighted by Gasteiger charge is 2.48. The molecule has 24 heavy (non-hydrogen) atoms. The van der Waals surface area contributed by atoms with Crippen LogP contribution in [-0.4, -0.2) is 49.5 Å². The minimum Gasteiger partial charge on any atom is -0.370 e. The number of aromatic nitrogens is 4. The zero-order valence-electron chi connectivity index (χ0n) is 12.8. The summed E-state index contributed by atoms with van der Waals surface area (Å²) in [6, 6.07) is 6.39. The van der Waals surface area contributed by atoms with Gasteiger partial charge in [-0.1, -0.05) is 12.1 Å². The zero-order chi connectivity index (χ0) is 17.3. The number of hydrogen-bond donors (Lipinski definition) is 2. The van der Waals surface area contributed by atoms with Gasteiger partial charge in [-0.3, -0.25) is 14.5 Å². The first-order valence-electron chi connectivity index (χ1n) is 7.18. The molecule has 10 nitrogen and oxygen atoms in total. The van der Waals surface area contributed by atoms with E-state index in [2.05, 4.69) is 20.8 Å². The Hall–Kier alpha value is -3.30. The van der Waals surface area contributed by atoms with Crippen molar-refractivity contribution in [3.8, 4) is 5.69 Å². The number of urea groups is 1. The van der Waals surface area contributed by atoms with Crippen molar-refractivity contribution in [2.75, 3.05) is 6.54 Å². The number of primary amides is 1. The van der Waals surface area contributed by atoms with Crippen LogP contribution in [-0.2, 0) is 15.1 Å². The third kappa shape index (κ3) is 2.57. The molecule has 3 rings (SSSR count). The predicted molar refractivity (Wildman–Crippen MR) is 80.6 cm³/mol. The Balaban J connectivity index is 1.91. The van der Waals surface area contributed by atoms with E-state index in [1.165, 1.54) is 11.0 Å². The first-order chi connectivity index (χ1) is 11.4. The molecule has 4 amide bonds. The van der Waals surface area contributed by atoms with Crippen LogP contribution in [0.2, 0.25) is 0 Å². The normalized spacial score (nSPS) is 20.3. The van der Waals surface area contributed by atoms with E-state index in [0.29, 0.717) is 11.3 Å². The second kappa shape index (κ2) is 5.72. The molecule has 1 saturated heterocycles. The Morgan fingerprint density at radius 3 is 2.83 bits per heavy atom. The summed E-state index contributed by atoms with van der Waals surface area (Å²) >= 11 is 0. The molecule has 2 aromatic rings. The standard InChI is InChI=1S/C14H15N7O3/c1-14(12(23)20(13(24)17-14)6-5-11(15)22)9-3-2-4-10(7-9)21-8-16-18-19-21/h2-4,7-8H,5-6H2,1H3,(H2,15,22)(H,17,24). The van der Waals surface area contributed by atoms with E-state index in [0.717, 1.165) is 4.90 Å². The van der Waals surface area contributed by atoms with Gasteiger partial charge in [0.1, 0.15) is 11.9 Å². The lowest BCUT2D eigenvalue weighted by Crippen LogP contribution is -2.41. The maximum atomic E-state index is 12.7. The molecule has 10 heteroatoms. The average Bonchev–Trinajstić information content (AvgIpc) is 3.15. The van der Waals surface area contributed by atoms with Crippen LogP contribution in [0.5, 0.6) is 0 Å². The van der Waals surface area contributed by atoms with Crippen LogP contribution in [0.15, 0.2) is 30.6 Å². The van der Waals surface area contributed by atoms with Gasteiger partial charge in [0.2, 0.25) is 5.91 Å². The Morgan fingerprint density at radius 1 is 1.38 bits per heavy atom. The maximum Gasteiger partial charge on any atom is 0.325 e. The number of tetrazole rings is 1. The number of imide groups is 1. The van der Waals surface area contributed by atoms with Crippen molar-refractivity contribution in [3.63, 3.8) is 0 Å². The zero-order valence-corrected chi connectivity index (χ0v) is 12.8. The van der Waals surface area contributed by atoms with Gasteiger partial charge in [-0.2, -0.15) is 0 Å². The second-order valence-electron chi connectivity index (χ2n) is 5.53. The monoisotopic (exact) mass is 329 g/mol. The van der Waals surface area contributed by atoms with Crippen LogP contribution < -0.4 is 11.1 Å². The van der Waals surface area contributed by atoms with Gasteiger partial charge < -0.3 is 11.1 Å². The van der Waals surface area contributed by atoms with Gasteiger partial charge in [-0.25, -0.2) is 9.48 Å². The minimum atomic E-state index is -1.24. The number of nitrogens with two attached hydrogens (primary N) is 1. The second-order valence-corrected chi connectivity index (χ2v) is 5.53. The number of hydrogen-bond acceptors (Lipinski definition) is 6. The highest BCUT2D eigenvalue weighted by Crippen LogP contribution is 2.29. The van der Waals surface area contributed by atoms with Crippen LogP contribution in [0.25, 0.3) is 5.69 Å². The molecule has 1 aliphatic rings. The molecule has 1 atom stereocenters. The molecule has 124 valence electrons.